The summed E-state index contributed by atoms with van der Waals surface area (Å²) in [7, 11) is 4.67. The van der Waals surface area contributed by atoms with Crippen LogP contribution in [0.1, 0.15) is 16.5 Å². The molecule has 0 saturated carbocycles. The van der Waals surface area contributed by atoms with Crippen LogP contribution in [0.25, 0.3) is 10.4 Å². The third-order valence-corrected chi connectivity index (χ3v) is 6.23. The number of methoxy groups -OCH3 is 3. The lowest BCUT2D eigenvalue weighted by Gasteiger charge is -2.12. The van der Waals surface area contributed by atoms with Crippen molar-refractivity contribution in [2.45, 2.75) is 12.5 Å². The number of aliphatic hydroxyl groups is 1. The Morgan fingerprint density at radius 2 is 1.71 bits per heavy atom. The summed E-state index contributed by atoms with van der Waals surface area (Å²) in [5, 5.41) is 21.9. The predicted molar refractivity (Wildman–Crippen MR) is 129 cm³/mol. The number of rotatable bonds is 11. The Morgan fingerprint density at radius 3 is 2.41 bits per heavy atom. The average Bonchev–Trinajstić information content (AvgIpc) is 3.37. The molecule has 3 rings (SSSR count). The van der Waals surface area contributed by atoms with Crippen molar-refractivity contribution in [3.8, 4) is 39.5 Å². The van der Waals surface area contributed by atoms with E-state index in [2.05, 4.69) is 5.32 Å². The van der Waals surface area contributed by atoms with Crippen molar-refractivity contribution in [2.75, 3.05) is 34.5 Å². The van der Waals surface area contributed by atoms with E-state index >= 15 is 0 Å². The van der Waals surface area contributed by atoms with E-state index in [4.69, 9.17) is 24.2 Å². The first-order chi connectivity index (χ1) is 16.5. The highest BCUT2D eigenvalue weighted by Crippen LogP contribution is 2.36. The number of benzene rings is 2. The van der Waals surface area contributed by atoms with E-state index in [-0.39, 0.29) is 6.61 Å². The van der Waals surface area contributed by atoms with Gasteiger partial charge in [0.1, 0.15) is 6.07 Å². The predicted octanol–water partition coefficient (Wildman–Crippen LogP) is 3.74. The van der Waals surface area contributed by atoms with E-state index in [1.807, 2.05) is 36.4 Å². The van der Waals surface area contributed by atoms with Gasteiger partial charge in [-0.25, -0.2) is 0 Å². The van der Waals surface area contributed by atoms with E-state index < -0.39 is 12.0 Å². The first-order valence-corrected chi connectivity index (χ1v) is 11.3. The Balaban J connectivity index is 1.59. The molecule has 9 heteroatoms. The maximum absolute atomic E-state index is 12.5. The highest BCUT2D eigenvalue weighted by Gasteiger charge is 2.20. The molecule has 0 bridgehead atoms. The average molecular weight is 483 g/mol. The molecule has 1 amide bonds. The molecule has 3 aromatic rings. The Labute approximate surface area is 202 Å². The Hall–Kier alpha value is -3.74. The monoisotopic (exact) mass is 482 g/mol. The zero-order valence-corrected chi connectivity index (χ0v) is 20.0. The van der Waals surface area contributed by atoms with Crippen molar-refractivity contribution in [1.29, 1.82) is 5.26 Å². The standard InChI is InChI=1S/C25H26N2O6S/c1-30-18-7-5-17(15-21(18)32-3)22-8-9-23(34-22)24(28)25(29)27-12-10-16-4-6-19(33-13-11-26)20(14-16)31-2/h4-9,14-15,24,28H,10,12-13H2,1-3H3,(H,27,29). The maximum Gasteiger partial charge on any atom is 0.254 e. The van der Waals surface area contributed by atoms with Crippen LogP contribution in [0.2, 0.25) is 0 Å². The molecular weight excluding hydrogens is 456 g/mol. The number of amides is 1. The number of aliphatic hydroxyl groups excluding tert-OH is 1. The number of ether oxygens (including phenoxy) is 4. The molecule has 1 heterocycles. The number of nitrogens with zero attached hydrogens (tertiary/aromatic N) is 1. The minimum Gasteiger partial charge on any atom is -0.493 e. The molecule has 2 aromatic carbocycles. The van der Waals surface area contributed by atoms with Crippen LogP contribution in [0.4, 0.5) is 0 Å². The molecule has 2 N–H and O–H groups in total. The summed E-state index contributed by atoms with van der Waals surface area (Å²) in [6, 6.07) is 16.4. The summed E-state index contributed by atoms with van der Waals surface area (Å²) in [6.45, 7) is 0.269. The second-order valence-electron chi connectivity index (χ2n) is 7.15. The minimum absolute atomic E-state index is 0.0693. The Bertz CT molecular complexity index is 1170. The lowest BCUT2D eigenvalue weighted by molar-refractivity contribution is -0.129. The fourth-order valence-electron chi connectivity index (χ4n) is 3.30. The zero-order valence-electron chi connectivity index (χ0n) is 19.2. The van der Waals surface area contributed by atoms with E-state index in [9.17, 15) is 9.90 Å². The normalized spacial score (nSPS) is 11.3. The first kappa shape index (κ1) is 24.9. The van der Waals surface area contributed by atoms with E-state index in [0.717, 1.165) is 16.0 Å². The Morgan fingerprint density at radius 1 is 1.00 bits per heavy atom. The first-order valence-electron chi connectivity index (χ1n) is 10.4. The molecule has 0 spiro atoms. The number of carbonyl (C=O) groups is 1. The van der Waals surface area contributed by atoms with Gasteiger partial charge < -0.3 is 29.4 Å². The highest BCUT2D eigenvalue weighted by atomic mass is 32.1. The fraction of sp³-hybridized carbons (Fsp3) is 0.280. The van der Waals surface area contributed by atoms with Crippen molar-refractivity contribution in [2.24, 2.45) is 0 Å². The molecule has 34 heavy (non-hydrogen) atoms. The van der Waals surface area contributed by atoms with Crippen molar-refractivity contribution >= 4 is 17.2 Å². The van der Waals surface area contributed by atoms with Gasteiger partial charge in [0.15, 0.2) is 35.7 Å². The van der Waals surface area contributed by atoms with Crippen LogP contribution in [0.5, 0.6) is 23.0 Å². The second-order valence-corrected chi connectivity index (χ2v) is 8.26. The van der Waals surface area contributed by atoms with E-state index in [0.29, 0.717) is 40.8 Å². The van der Waals surface area contributed by atoms with Gasteiger partial charge in [-0.1, -0.05) is 6.07 Å². The highest BCUT2D eigenvalue weighted by molar-refractivity contribution is 7.15. The SMILES string of the molecule is COc1ccc(-c2ccc(C(O)C(=O)NCCc3ccc(OCC#N)c(OC)c3)s2)cc1OC. The molecule has 0 saturated heterocycles. The van der Waals surface area contributed by atoms with Crippen LogP contribution in [0, 0.1) is 11.3 Å². The number of nitriles is 1. The fourth-order valence-corrected chi connectivity index (χ4v) is 4.29. The van der Waals surface area contributed by atoms with Gasteiger partial charge in [-0.2, -0.15) is 5.26 Å². The summed E-state index contributed by atoms with van der Waals surface area (Å²) < 4.78 is 21.2. The lowest BCUT2D eigenvalue weighted by atomic mass is 10.1. The van der Waals surface area contributed by atoms with Crippen LogP contribution >= 0.6 is 11.3 Å². The van der Waals surface area contributed by atoms with Gasteiger partial charge in [-0.15, -0.1) is 11.3 Å². The van der Waals surface area contributed by atoms with Crippen molar-refractivity contribution in [1.82, 2.24) is 5.32 Å². The summed E-state index contributed by atoms with van der Waals surface area (Å²) in [4.78, 5) is 13.9. The lowest BCUT2D eigenvalue weighted by Crippen LogP contribution is -2.30. The third-order valence-electron chi connectivity index (χ3n) is 5.05. The van der Waals surface area contributed by atoms with Gasteiger partial charge in [-0.05, 0) is 60.0 Å². The van der Waals surface area contributed by atoms with Gasteiger partial charge in [0.25, 0.3) is 5.91 Å². The minimum atomic E-state index is -1.27. The smallest absolute Gasteiger partial charge is 0.254 e. The van der Waals surface area contributed by atoms with Gasteiger partial charge in [0.2, 0.25) is 0 Å². The Kier molecular flexibility index (Phi) is 8.73. The number of carbonyl (C=O) groups excluding carboxylic acids is 1. The van der Waals surface area contributed by atoms with Crippen LogP contribution in [0.15, 0.2) is 48.5 Å². The topological polar surface area (TPSA) is 110 Å². The molecule has 0 fully saturated rings. The zero-order chi connectivity index (χ0) is 24.5. The van der Waals surface area contributed by atoms with E-state index in [1.165, 1.54) is 18.4 Å². The van der Waals surface area contributed by atoms with Crippen LogP contribution in [-0.4, -0.2) is 45.5 Å². The molecule has 0 aliphatic heterocycles. The molecule has 8 nitrogen and oxygen atoms in total. The van der Waals surface area contributed by atoms with Crippen LogP contribution in [0.3, 0.4) is 0 Å². The number of nitrogens with one attached hydrogen (secondary N) is 1. The third kappa shape index (κ3) is 5.98. The molecular formula is C25H26N2O6S. The van der Waals surface area contributed by atoms with Crippen LogP contribution in [-0.2, 0) is 11.2 Å². The summed E-state index contributed by atoms with van der Waals surface area (Å²) in [5.41, 5.74) is 1.82. The van der Waals surface area contributed by atoms with Crippen LogP contribution < -0.4 is 24.3 Å². The largest absolute Gasteiger partial charge is 0.493 e. The number of hydrogen-bond donors (Lipinski definition) is 2. The molecule has 178 valence electrons. The van der Waals surface area contributed by atoms with Gasteiger partial charge in [0.05, 0.1) is 21.3 Å². The molecule has 0 radical (unpaired) electrons. The molecule has 1 unspecified atom stereocenters. The quantitative estimate of drug-likeness (QED) is 0.428. The summed E-state index contributed by atoms with van der Waals surface area (Å²) in [5.74, 6) is 1.76. The molecule has 0 aliphatic rings. The van der Waals surface area contributed by atoms with Gasteiger partial charge >= 0.3 is 0 Å². The summed E-state index contributed by atoms with van der Waals surface area (Å²) >= 11 is 1.34. The van der Waals surface area contributed by atoms with Crippen molar-refractivity contribution in [3.63, 3.8) is 0 Å². The number of hydrogen-bond acceptors (Lipinski definition) is 8. The second kappa shape index (κ2) is 11.9. The van der Waals surface area contributed by atoms with Crippen molar-refractivity contribution in [3.05, 3.63) is 59.0 Å². The molecule has 1 aromatic heterocycles. The maximum atomic E-state index is 12.5. The van der Waals surface area contributed by atoms with Gasteiger partial charge in [-0.3, -0.25) is 4.79 Å². The molecule has 1 atom stereocenters. The number of thiophene rings is 1. The van der Waals surface area contributed by atoms with Gasteiger partial charge in [0, 0.05) is 16.3 Å². The van der Waals surface area contributed by atoms with Crippen molar-refractivity contribution < 1.29 is 28.8 Å². The van der Waals surface area contributed by atoms with E-state index in [1.54, 1.807) is 32.4 Å². The summed E-state index contributed by atoms with van der Waals surface area (Å²) in [6.07, 6.45) is -0.732. The molecule has 0 aliphatic carbocycles.